The van der Waals surface area contributed by atoms with Gasteiger partial charge in [-0.05, 0) is 37.8 Å². The quantitative estimate of drug-likeness (QED) is 0.197. The molecule has 11 atom stereocenters. The Morgan fingerprint density at radius 2 is 1.83 bits per heavy atom. The van der Waals surface area contributed by atoms with Crippen LogP contribution < -0.4 is 0 Å². The summed E-state index contributed by atoms with van der Waals surface area (Å²) >= 11 is 0. The molecule has 3 aliphatic heterocycles. The Bertz CT molecular complexity index is 1200. The first-order valence-electron chi connectivity index (χ1n) is 12.5. The maximum Gasteiger partial charge on any atom is 0.355 e. The lowest BCUT2D eigenvalue weighted by molar-refractivity contribution is -0.390. The number of aromatic amines is 1. The standard InChI is InChI=1S/C25H33NO10/c1-12(2)22(31)16(35-14(27)13-6-5-9-26-13)23(32)17(3)10-21(30)18(22,4)25(23,33)24(36-21)15(28)19(11-34-19)7-8-20(17,24)29/h5-6,9,12,15-16,26,28-33H,7-8,10-11H2,1-4H3/t15-,16-,17-,18+,19+,20+,21-,22-,23-,24?,25-/m1/s1. The number of ether oxygens (including phenoxy) is 3. The van der Waals surface area contributed by atoms with Crippen molar-refractivity contribution in [3.05, 3.63) is 24.0 Å². The summed E-state index contributed by atoms with van der Waals surface area (Å²) < 4.78 is 17.7. The SMILES string of the molecule is CC(C)[C@@]1(O)[C@@H](OC(=O)c2ccc[nH]2)[C@@]2(O)[C@]3(C)C[C@@]4(O)OC5([C@H](O)[C@]6(CC[C@@]53O)CO6)[C@@]2(O)[C@@]41C. The van der Waals surface area contributed by atoms with Gasteiger partial charge in [0.15, 0.2) is 17.5 Å². The highest BCUT2D eigenvalue weighted by atomic mass is 16.7. The van der Waals surface area contributed by atoms with E-state index >= 15 is 0 Å². The van der Waals surface area contributed by atoms with E-state index in [0.29, 0.717) is 0 Å². The molecule has 4 aliphatic carbocycles. The Morgan fingerprint density at radius 1 is 1.17 bits per heavy atom. The molecule has 7 N–H and O–H groups in total. The molecule has 11 nitrogen and oxygen atoms in total. The van der Waals surface area contributed by atoms with Crippen LogP contribution in [0.2, 0.25) is 0 Å². The van der Waals surface area contributed by atoms with E-state index in [1.807, 2.05) is 0 Å². The second kappa shape index (κ2) is 5.72. The Labute approximate surface area is 207 Å². The fraction of sp³-hybridized carbons (Fsp3) is 0.800. The van der Waals surface area contributed by atoms with Gasteiger partial charge in [-0.15, -0.1) is 0 Å². The summed E-state index contributed by atoms with van der Waals surface area (Å²) in [5, 5.41) is 74.5. The summed E-state index contributed by atoms with van der Waals surface area (Å²) in [6.07, 6.45) is -2.10. The summed E-state index contributed by atoms with van der Waals surface area (Å²) in [7, 11) is 0. The minimum atomic E-state index is -2.65. The van der Waals surface area contributed by atoms with Crippen LogP contribution in [-0.2, 0) is 14.2 Å². The molecule has 0 amide bonds. The predicted molar refractivity (Wildman–Crippen MR) is 118 cm³/mol. The van der Waals surface area contributed by atoms with Crippen LogP contribution in [0.5, 0.6) is 0 Å². The zero-order valence-electron chi connectivity index (χ0n) is 20.6. The minimum absolute atomic E-state index is 0.0191. The Balaban J connectivity index is 1.55. The van der Waals surface area contributed by atoms with Gasteiger partial charge in [0.2, 0.25) is 0 Å². The molecular weight excluding hydrogens is 474 g/mol. The zero-order valence-corrected chi connectivity index (χ0v) is 20.6. The Morgan fingerprint density at radius 3 is 2.39 bits per heavy atom. The minimum Gasteiger partial charge on any atom is -0.451 e. The third kappa shape index (κ3) is 1.65. The van der Waals surface area contributed by atoms with E-state index in [4.69, 9.17) is 14.2 Å². The van der Waals surface area contributed by atoms with Gasteiger partial charge in [0.1, 0.15) is 39.8 Å². The molecule has 0 radical (unpaired) electrons. The number of carbonyl (C=O) groups excluding carboxylic acids is 1. The number of rotatable bonds is 3. The lowest BCUT2D eigenvalue weighted by atomic mass is 9.52. The van der Waals surface area contributed by atoms with Crippen molar-refractivity contribution < 1.29 is 49.6 Å². The average Bonchev–Trinajstić information content (AvgIpc) is 3.30. The number of nitrogens with one attached hydrogen (secondary N) is 1. The summed E-state index contributed by atoms with van der Waals surface area (Å²) in [4.78, 5) is 15.9. The summed E-state index contributed by atoms with van der Waals surface area (Å²) in [6, 6.07) is 3.05. The number of aliphatic hydroxyl groups excluding tert-OH is 1. The number of aliphatic hydroxyl groups is 6. The molecule has 2 spiro atoms. The number of epoxide rings is 1. The molecule has 6 bridgehead atoms. The van der Waals surface area contributed by atoms with E-state index in [2.05, 4.69) is 4.98 Å². The van der Waals surface area contributed by atoms with Crippen LogP contribution >= 0.6 is 0 Å². The normalized spacial score (nSPS) is 61.8. The third-order valence-corrected chi connectivity index (χ3v) is 11.7. The number of carbonyl (C=O) groups is 1. The second-order valence-corrected chi connectivity index (χ2v) is 12.7. The van der Waals surface area contributed by atoms with Crippen molar-refractivity contribution in [1.29, 1.82) is 0 Å². The van der Waals surface area contributed by atoms with Crippen LogP contribution in [0.3, 0.4) is 0 Å². The molecule has 36 heavy (non-hydrogen) atoms. The zero-order chi connectivity index (χ0) is 26.2. The second-order valence-electron chi connectivity index (χ2n) is 12.7. The van der Waals surface area contributed by atoms with Gasteiger partial charge in [0.25, 0.3) is 0 Å². The molecule has 198 valence electrons. The number of aromatic nitrogens is 1. The molecule has 0 aromatic carbocycles. The van der Waals surface area contributed by atoms with Crippen LogP contribution in [0, 0.1) is 16.7 Å². The molecule has 4 heterocycles. The van der Waals surface area contributed by atoms with Crippen molar-refractivity contribution in [2.45, 2.75) is 98.6 Å². The molecule has 8 rings (SSSR count). The maximum absolute atomic E-state index is 13.2. The highest BCUT2D eigenvalue weighted by Crippen LogP contribution is 2.91. The van der Waals surface area contributed by atoms with Gasteiger partial charge in [-0.25, -0.2) is 4.79 Å². The molecule has 3 saturated heterocycles. The van der Waals surface area contributed by atoms with Gasteiger partial charge in [-0.2, -0.15) is 0 Å². The fourth-order valence-electron chi connectivity index (χ4n) is 9.82. The van der Waals surface area contributed by atoms with Crippen molar-refractivity contribution in [3.63, 3.8) is 0 Å². The van der Waals surface area contributed by atoms with E-state index in [9.17, 15) is 35.4 Å². The van der Waals surface area contributed by atoms with E-state index in [1.165, 1.54) is 26.1 Å². The van der Waals surface area contributed by atoms with Crippen LogP contribution in [0.25, 0.3) is 0 Å². The van der Waals surface area contributed by atoms with Gasteiger partial charge < -0.3 is 49.8 Å². The lowest BCUT2D eigenvalue weighted by Gasteiger charge is -2.60. The van der Waals surface area contributed by atoms with Crippen molar-refractivity contribution in [1.82, 2.24) is 4.98 Å². The Kier molecular flexibility index (Phi) is 3.74. The van der Waals surface area contributed by atoms with Crippen molar-refractivity contribution in [2.24, 2.45) is 16.7 Å². The van der Waals surface area contributed by atoms with E-state index in [-0.39, 0.29) is 31.6 Å². The van der Waals surface area contributed by atoms with Gasteiger partial charge in [-0.1, -0.05) is 20.8 Å². The summed E-state index contributed by atoms with van der Waals surface area (Å²) in [5.41, 5.74) is -16.8. The first kappa shape index (κ1) is 23.5. The highest BCUT2D eigenvalue weighted by Gasteiger charge is 3.11. The van der Waals surface area contributed by atoms with Gasteiger partial charge in [0.05, 0.1) is 12.0 Å². The van der Waals surface area contributed by atoms with Crippen LogP contribution in [0.1, 0.15) is 57.4 Å². The topological polar surface area (TPSA) is 185 Å². The van der Waals surface area contributed by atoms with Crippen molar-refractivity contribution >= 4 is 5.97 Å². The van der Waals surface area contributed by atoms with E-state index in [0.717, 1.165) is 0 Å². The van der Waals surface area contributed by atoms with Gasteiger partial charge in [0, 0.05) is 18.0 Å². The Hall–Kier alpha value is -1.57. The molecule has 1 aromatic rings. The number of hydrogen-bond donors (Lipinski definition) is 7. The molecule has 4 saturated carbocycles. The first-order chi connectivity index (χ1) is 16.5. The predicted octanol–water partition coefficient (Wildman–Crippen LogP) is -1.05. The van der Waals surface area contributed by atoms with Gasteiger partial charge >= 0.3 is 5.97 Å². The number of esters is 1. The summed E-state index contributed by atoms with van der Waals surface area (Å²) in [6.45, 7) is 6.26. The lowest BCUT2D eigenvalue weighted by Crippen LogP contribution is -2.77. The fourth-order valence-corrected chi connectivity index (χ4v) is 9.82. The van der Waals surface area contributed by atoms with Crippen molar-refractivity contribution in [2.75, 3.05) is 6.61 Å². The molecule has 11 heteroatoms. The highest BCUT2D eigenvalue weighted by molar-refractivity contribution is 5.87. The first-order valence-corrected chi connectivity index (χ1v) is 12.5. The maximum atomic E-state index is 13.2. The molecule has 7 aliphatic rings. The van der Waals surface area contributed by atoms with E-state index in [1.54, 1.807) is 19.9 Å². The van der Waals surface area contributed by atoms with Gasteiger partial charge in [-0.3, -0.25) is 0 Å². The number of H-pyrrole nitrogens is 1. The molecule has 1 aromatic heterocycles. The van der Waals surface area contributed by atoms with Crippen LogP contribution in [0.15, 0.2) is 18.3 Å². The monoisotopic (exact) mass is 507 g/mol. The molecule has 7 fully saturated rings. The average molecular weight is 508 g/mol. The largest absolute Gasteiger partial charge is 0.451 e. The van der Waals surface area contributed by atoms with Crippen LogP contribution in [-0.4, -0.2) is 99.8 Å². The molecule has 1 unspecified atom stereocenters. The molecular formula is C25H33NO10. The van der Waals surface area contributed by atoms with Crippen molar-refractivity contribution in [3.8, 4) is 0 Å². The number of hydrogen-bond acceptors (Lipinski definition) is 10. The summed E-state index contributed by atoms with van der Waals surface area (Å²) in [5.74, 6) is -3.97. The van der Waals surface area contributed by atoms with E-state index < -0.39 is 74.3 Å². The third-order valence-electron chi connectivity index (χ3n) is 11.7. The smallest absolute Gasteiger partial charge is 0.355 e. The van der Waals surface area contributed by atoms with Crippen LogP contribution in [0.4, 0.5) is 0 Å².